The summed E-state index contributed by atoms with van der Waals surface area (Å²) in [5.41, 5.74) is 0.749. The van der Waals surface area contributed by atoms with E-state index in [0.29, 0.717) is 11.4 Å². The summed E-state index contributed by atoms with van der Waals surface area (Å²) in [4.78, 5) is 12.7. The number of nitro benzene ring substituents is 1. The molecule has 0 aromatic heterocycles. The number of hydrogen-bond acceptors (Lipinski definition) is 5. The Morgan fingerprint density at radius 3 is 2.75 bits per heavy atom. The highest BCUT2D eigenvalue weighted by Crippen LogP contribution is 2.33. The van der Waals surface area contributed by atoms with Crippen LogP contribution < -0.4 is 5.32 Å². The van der Waals surface area contributed by atoms with Gasteiger partial charge < -0.3 is 10.4 Å². The summed E-state index contributed by atoms with van der Waals surface area (Å²) < 4.78 is 0. The predicted molar refractivity (Wildman–Crippen MR) is 77.0 cm³/mol. The molecule has 1 aliphatic rings. The minimum atomic E-state index is -0.423. The number of aliphatic hydroxyl groups excluding tert-OH is 1. The van der Waals surface area contributed by atoms with Gasteiger partial charge in [-0.2, -0.15) is 0 Å². The lowest BCUT2D eigenvalue weighted by Gasteiger charge is -2.35. The average Bonchev–Trinajstić information content (AvgIpc) is 2.46. The molecule has 0 unspecified atom stereocenters. The number of non-ortho nitro benzene ring substituents is 1. The quantitative estimate of drug-likeness (QED) is 0.637. The summed E-state index contributed by atoms with van der Waals surface area (Å²) in [6.07, 6.45) is 0.515. The minimum absolute atomic E-state index is 0.0214. The summed E-state index contributed by atoms with van der Waals surface area (Å²) in [5.74, 6) is 0. The Bertz CT molecular complexity index is 478. The molecule has 1 saturated heterocycles. The van der Waals surface area contributed by atoms with Crippen LogP contribution in [0.5, 0.6) is 0 Å². The van der Waals surface area contributed by atoms with Gasteiger partial charge in [0.15, 0.2) is 0 Å². The molecule has 2 rings (SSSR count). The van der Waals surface area contributed by atoms with Crippen molar-refractivity contribution < 1.29 is 10.0 Å². The van der Waals surface area contributed by atoms with Crippen molar-refractivity contribution in [3.05, 3.63) is 38.9 Å². The molecule has 0 spiro atoms. The van der Waals surface area contributed by atoms with E-state index in [1.165, 1.54) is 12.1 Å². The zero-order valence-corrected chi connectivity index (χ0v) is 11.8. The zero-order chi connectivity index (χ0) is 14.5. The molecule has 1 aromatic carbocycles. The third kappa shape index (κ3) is 3.46. The number of piperazine rings is 1. The number of rotatable bonds is 5. The lowest BCUT2D eigenvalue weighted by Crippen LogP contribution is -2.45. The van der Waals surface area contributed by atoms with E-state index in [2.05, 4.69) is 10.2 Å². The van der Waals surface area contributed by atoms with Crippen LogP contribution in [0.2, 0.25) is 5.02 Å². The number of nitro groups is 1. The first kappa shape index (κ1) is 15.2. The van der Waals surface area contributed by atoms with Gasteiger partial charge in [-0.15, -0.1) is 0 Å². The molecule has 20 heavy (non-hydrogen) atoms. The fraction of sp³-hybridized carbons (Fsp3) is 0.538. The smallest absolute Gasteiger partial charge is 0.269 e. The second-order valence-electron chi connectivity index (χ2n) is 4.78. The monoisotopic (exact) mass is 299 g/mol. The van der Waals surface area contributed by atoms with Gasteiger partial charge in [0, 0.05) is 56.0 Å². The largest absolute Gasteiger partial charge is 0.396 e. The number of hydrogen-bond donors (Lipinski definition) is 2. The van der Waals surface area contributed by atoms with Crippen molar-refractivity contribution in [3.8, 4) is 0 Å². The van der Waals surface area contributed by atoms with E-state index in [1.54, 1.807) is 6.07 Å². The van der Waals surface area contributed by atoms with Crippen LogP contribution in [0.1, 0.15) is 18.0 Å². The third-order valence-corrected chi connectivity index (χ3v) is 3.89. The third-order valence-electron chi connectivity index (χ3n) is 3.54. The Balaban J connectivity index is 2.31. The molecule has 0 aliphatic carbocycles. The Morgan fingerprint density at radius 1 is 1.45 bits per heavy atom. The molecular formula is C13H18ClN3O3. The molecule has 1 heterocycles. The Morgan fingerprint density at radius 2 is 2.15 bits per heavy atom. The van der Waals surface area contributed by atoms with E-state index in [9.17, 15) is 15.2 Å². The van der Waals surface area contributed by atoms with Crippen molar-refractivity contribution in [2.75, 3.05) is 32.8 Å². The molecule has 0 amide bonds. The van der Waals surface area contributed by atoms with Gasteiger partial charge in [-0.05, 0) is 18.1 Å². The molecule has 1 aliphatic heterocycles. The van der Waals surface area contributed by atoms with E-state index in [4.69, 9.17) is 11.6 Å². The normalized spacial score (nSPS) is 17.9. The maximum Gasteiger partial charge on any atom is 0.269 e. The molecule has 1 atom stereocenters. The van der Waals surface area contributed by atoms with E-state index in [0.717, 1.165) is 31.7 Å². The van der Waals surface area contributed by atoms with Crippen molar-refractivity contribution in [3.63, 3.8) is 0 Å². The molecule has 1 aromatic rings. The SMILES string of the molecule is O=[N+]([O-])c1ccc(Cl)c([C@@H](CCO)N2CCNCC2)c1. The predicted octanol–water partition coefficient (Wildman–Crippen LogP) is 1.58. The van der Waals surface area contributed by atoms with Gasteiger partial charge in [0.1, 0.15) is 0 Å². The van der Waals surface area contributed by atoms with Gasteiger partial charge in [-0.25, -0.2) is 0 Å². The summed E-state index contributed by atoms with van der Waals surface area (Å²) in [7, 11) is 0. The number of halogens is 1. The standard InChI is InChI=1S/C13H18ClN3O3/c14-12-2-1-10(17(19)20)9-11(12)13(3-8-18)16-6-4-15-5-7-16/h1-2,9,13,15,18H,3-8H2/t13-/m1/s1. The summed E-state index contributed by atoms with van der Waals surface area (Å²) >= 11 is 6.20. The lowest BCUT2D eigenvalue weighted by molar-refractivity contribution is -0.385. The fourth-order valence-corrected chi connectivity index (χ4v) is 2.79. The molecule has 2 N–H and O–H groups in total. The van der Waals surface area contributed by atoms with Gasteiger partial charge in [-0.3, -0.25) is 15.0 Å². The van der Waals surface area contributed by atoms with Crippen LogP contribution in [-0.4, -0.2) is 47.7 Å². The first-order chi connectivity index (χ1) is 9.63. The summed E-state index contributed by atoms with van der Waals surface area (Å²) in [6, 6.07) is 4.39. The Kier molecular flexibility index (Phi) is 5.31. The Hall–Kier alpha value is -1.21. The maximum atomic E-state index is 10.9. The van der Waals surface area contributed by atoms with Crippen molar-refractivity contribution >= 4 is 17.3 Å². The molecular weight excluding hydrogens is 282 g/mol. The van der Waals surface area contributed by atoms with Crippen LogP contribution in [0.25, 0.3) is 0 Å². The summed E-state index contributed by atoms with van der Waals surface area (Å²) in [6.45, 7) is 3.43. The first-order valence-corrected chi connectivity index (χ1v) is 7.00. The van der Waals surface area contributed by atoms with Gasteiger partial charge in [0.05, 0.1) is 4.92 Å². The zero-order valence-electron chi connectivity index (χ0n) is 11.1. The number of nitrogens with one attached hydrogen (secondary N) is 1. The lowest BCUT2D eigenvalue weighted by atomic mass is 10.0. The molecule has 0 radical (unpaired) electrons. The van der Waals surface area contributed by atoms with Crippen LogP contribution in [-0.2, 0) is 0 Å². The van der Waals surface area contributed by atoms with Gasteiger partial charge in [-0.1, -0.05) is 11.6 Å². The molecule has 7 heteroatoms. The molecule has 1 fully saturated rings. The highest BCUT2D eigenvalue weighted by molar-refractivity contribution is 6.31. The fourth-order valence-electron chi connectivity index (χ4n) is 2.55. The number of aliphatic hydroxyl groups is 1. The molecule has 6 nitrogen and oxygen atoms in total. The van der Waals surface area contributed by atoms with Crippen LogP contribution in [0, 0.1) is 10.1 Å². The average molecular weight is 300 g/mol. The van der Waals surface area contributed by atoms with Crippen molar-refractivity contribution in [1.82, 2.24) is 10.2 Å². The highest BCUT2D eigenvalue weighted by Gasteiger charge is 2.25. The second-order valence-corrected chi connectivity index (χ2v) is 5.18. The maximum absolute atomic E-state index is 10.9. The van der Waals surface area contributed by atoms with Crippen LogP contribution >= 0.6 is 11.6 Å². The molecule has 0 saturated carbocycles. The summed E-state index contributed by atoms with van der Waals surface area (Å²) in [5, 5.41) is 24.0. The van der Waals surface area contributed by atoms with E-state index in [-0.39, 0.29) is 18.3 Å². The minimum Gasteiger partial charge on any atom is -0.396 e. The number of nitrogens with zero attached hydrogens (tertiary/aromatic N) is 2. The second kappa shape index (κ2) is 6.99. The van der Waals surface area contributed by atoms with Crippen LogP contribution in [0.15, 0.2) is 18.2 Å². The van der Waals surface area contributed by atoms with E-state index in [1.807, 2.05) is 0 Å². The topological polar surface area (TPSA) is 78.6 Å². The molecule has 0 bridgehead atoms. The molecule has 110 valence electrons. The van der Waals surface area contributed by atoms with Crippen LogP contribution in [0.3, 0.4) is 0 Å². The van der Waals surface area contributed by atoms with Gasteiger partial charge >= 0.3 is 0 Å². The van der Waals surface area contributed by atoms with Crippen LogP contribution in [0.4, 0.5) is 5.69 Å². The van der Waals surface area contributed by atoms with Crippen molar-refractivity contribution in [1.29, 1.82) is 0 Å². The van der Waals surface area contributed by atoms with E-state index >= 15 is 0 Å². The van der Waals surface area contributed by atoms with Crippen molar-refractivity contribution in [2.45, 2.75) is 12.5 Å². The van der Waals surface area contributed by atoms with E-state index < -0.39 is 4.92 Å². The van der Waals surface area contributed by atoms with Crippen molar-refractivity contribution in [2.24, 2.45) is 0 Å². The number of benzene rings is 1. The first-order valence-electron chi connectivity index (χ1n) is 6.63. The van der Waals surface area contributed by atoms with Gasteiger partial charge in [0.2, 0.25) is 0 Å². The Labute approximate surface area is 122 Å². The highest BCUT2D eigenvalue weighted by atomic mass is 35.5. The van der Waals surface area contributed by atoms with Gasteiger partial charge in [0.25, 0.3) is 5.69 Å².